The molecule has 6 aromatic rings. The molecule has 2 atom stereocenters. The Bertz CT molecular complexity index is 2500. The summed E-state index contributed by atoms with van der Waals surface area (Å²) in [6, 6.07) is 16.8. The third kappa shape index (κ3) is 7.73. The number of aliphatic carboxylic acids is 1. The first kappa shape index (κ1) is 39.3. The smallest absolute Gasteiger partial charge is 0.387 e. The van der Waals surface area contributed by atoms with Gasteiger partial charge in [0, 0.05) is 66.0 Å². The molecule has 2 aliphatic rings. The van der Waals surface area contributed by atoms with Crippen molar-refractivity contribution in [1.29, 1.82) is 0 Å². The van der Waals surface area contributed by atoms with Crippen LogP contribution in [0.1, 0.15) is 48.4 Å². The second-order valence-corrected chi connectivity index (χ2v) is 15.5. The summed E-state index contributed by atoms with van der Waals surface area (Å²) in [5.41, 5.74) is 6.85. The average molecular weight is 803 g/mol. The van der Waals surface area contributed by atoms with E-state index in [0.29, 0.717) is 83.8 Å². The Hall–Kier alpha value is -5.51. The van der Waals surface area contributed by atoms with Gasteiger partial charge in [-0.1, -0.05) is 31.2 Å². The summed E-state index contributed by atoms with van der Waals surface area (Å²) in [5.74, 6) is -0.496. The standard InChI is InChI=1S/C43H42F4N4O7/c1-23-27(7-4-9-29(23)38-48-31-15-25(19-50-14-12-43(3,21-50)22-52)34(57-41(44)45)17-36(31)55-38)28-8-5-10-30(24(28)2)39-49-32-16-26(20-51-13-6-11-33(51)40(53)54)35(58-42(46)47)18-37(32)56-39/h4-5,7-10,15-18,33,41-42,52H,6,11-14,19-22H2,1-3H3,(H,53,54)/t33-,43?/m0/s1. The minimum atomic E-state index is -3.10. The summed E-state index contributed by atoms with van der Waals surface area (Å²) in [6.45, 7) is 2.05. The van der Waals surface area contributed by atoms with Crippen molar-refractivity contribution in [1.82, 2.24) is 19.8 Å². The highest BCUT2D eigenvalue weighted by atomic mass is 19.3. The van der Waals surface area contributed by atoms with E-state index in [0.717, 1.165) is 28.7 Å². The molecule has 2 aromatic heterocycles. The molecule has 58 heavy (non-hydrogen) atoms. The summed E-state index contributed by atoms with van der Waals surface area (Å²) in [4.78, 5) is 25.2. The summed E-state index contributed by atoms with van der Waals surface area (Å²) >= 11 is 0. The summed E-state index contributed by atoms with van der Waals surface area (Å²) in [6.07, 6.45) is 1.93. The highest BCUT2D eigenvalue weighted by Crippen LogP contribution is 2.40. The fraction of sp³-hybridized carbons (Fsp3) is 0.372. The third-order valence-corrected chi connectivity index (χ3v) is 11.4. The lowest BCUT2D eigenvalue weighted by atomic mass is 9.91. The lowest BCUT2D eigenvalue weighted by molar-refractivity contribution is -0.142. The van der Waals surface area contributed by atoms with Crippen LogP contribution < -0.4 is 9.47 Å². The van der Waals surface area contributed by atoms with Gasteiger partial charge in [-0.15, -0.1) is 0 Å². The van der Waals surface area contributed by atoms with Crippen molar-refractivity contribution in [2.75, 3.05) is 26.2 Å². The Morgan fingerprint density at radius 1 is 0.828 bits per heavy atom. The highest BCUT2D eigenvalue weighted by Gasteiger charge is 2.34. The number of benzene rings is 4. The molecule has 2 saturated heterocycles. The van der Waals surface area contributed by atoms with Crippen LogP contribution >= 0.6 is 0 Å². The number of carbonyl (C=O) groups is 1. The maximum absolute atomic E-state index is 13.5. The Kier molecular flexibility index (Phi) is 10.6. The molecule has 0 bridgehead atoms. The minimum absolute atomic E-state index is 0.00678. The zero-order valence-electron chi connectivity index (χ0n) is 32.1. The van der Waals surface area contributed by atoms with Crippen LogP contribution in [0.15, 0.2) is 69.5 Å². The molecule has 1 unspecified atom stereocenters. The van der Waals surface area contributed by atoms with Gasteiger partial charge in [-0.2, -0.15) is 17.6 Å². The van der Waals surface area contributed by atoms with Gasteiger partial charge in [-0.3, -0.25) is 14.6 Å². The van der Waals surface area contributed by atoms with Crippen LogP contribution in [0.2, 0.25) is 0 Å². The topological polar surface area (TPSA) is 135 Å². The number of oxazole rings is 2. The molecule has 304 valence electrons. The number of likely N-dealkylation sites (tertiary alicyclic amines) is 2. The van der Waals surface area contributed by atoms with Crippen LogP contribution in [0.25, 0.3) is 56.2 Å². The van der Waals surface area contributed by atoms with E-state index >= 15 is 0 Å². The van der Waals surface area contributed by atoms with Crippen molar-refractivity contribution in [3.63, 3.8) is 0 Å². The quantitative estimate of drug-likeness (QED) is 0.108. The van der Waals surface area contributed by atoms with Crippen molar-refractivity contribution in [3.8, 4) is 45.5 Å². The second-order valence-electron chi connectivity index (χ2n) is 15.5. The van der Waals surface area contributed by atoms with Crippen LogP contribution in [-0.4, -0.2) is 81.5 Å². The number of nitrogens with zero attached hydrogens (tertiary/aromatic N) is 4. The number of alkyl halides is 4. The number of hydrogen-bond acceptors (Lipinski definition) is 10. The zero-order chi connectivity index (χ0) is 40.9. The van der Waals surface area contributed by atoms with Gasteiger partial charge < -0.3 is 28.5 Å². The van der Waals surface area contributed by atoms with Gasteiger partial charge in [-0.05, 0) is 92.7 Å². The molecule has 11 nitrogen and oxygen atoms in total. The third-order valence-electron chi connectivity index (χ3n) is 11.4. The van der Waals surface area contributed by atoms with Crippen LogP contribution in [0.5, 0.6) is 11.5 Å². The number of fused-ring (bicyclic) bond motifs is 2. The van der Waals surface area contributed by atoms with Crippen LogP contribution in [-0.2, 0) is 17.9 Å². The SMILES string of the molecule is Cc1c(-c2nc3cc(CN4CCC(C)(CO)C4)c(OC(F)F)cc3o2)cccc1-c1cccc(-c2nc3cc(CN4CCC[C@H]4C(=O)O)c(OC(F)F)cc3o2)c1C. The van der Waals surface area contributed by atoms with E-state index < -0.39 is 25.2 Å². The lowest BCUT2D eigenvalue weighted by Crippen LogP contribution is -2.35. The molecule has 2 aliphatic heterocycles. The van der Waals surface area contributed by atoms with Crippen molar-refractivity contribution in [2.45, 2.75) is 72.4 Å². The number of rotatable bonds is 13. The van der Waals surface area contributed by atoms with Crippen LogP contribution in [0, 0.1) is 19.3 Å². The molecule has 0 amide bonds. The normalized spacial score (nSPS) is 19.0. The zero-order valence-corrected chi connectivity index (χ0v) is 32.1. The molecular formula is C43H42F4N4O7. The number of aliphatic hydroxyl groups excluding tert-OH is 1. The first-order chi connectivity index (χ1) is 27.8. The van der Waals surface area contributed by atoms with Gasteiger partial charge in [0.05, 0.1) is 0 Å². The molecule has 0 radical (unpaired) electrons. The number of aliphatic hydroxyl groups is 1. The first-order valence-corrected chi connectivity index (χ1v) is 19.1. The van der Waals surface area contributed by atoms with E-state index in [1.165, 1.54) is 12.1 Å². The molecule has 4 heterocycles. The molecule has 8 rings (SSSR count). The molecule has 15 heteroatoms. The van der Waals surface area contributed by atoms with E-state index in [-0.39, 0.29) is 41.5 Å². The van der Waals surface area contributed by atoms with Crippen molar-refractivity contribution >= 4 is 28.2 Å². The average Bonchev–Trinajstić information content (AvgIpc) is 3.98. The summed E-state index contributed by atoms with van der Waals surface area (Å²) in [7, 11) is 0. The maximum Gasteiger partial charge on any atom is 0.387 e. The van der Waals surface area contributed by atoms with E-state index in [1.807, 2.05) is 57.2 Å². The van der Waals surface area contributed by atoms with E-state index in [4.69, 9.17) is 28.3 Å². The molecule has 2 fully saturated rings. The Morgan fingerprint density at radius 3 is 1.83 bits per heavy atom. The van der Waals surface area contributed by atoms with E-state index in [2.05, 4.69) is 4.90 Å². The highest BCUT2D eigenvalue weighted by molar-refractivity contribution is 5.85. The number of ether oxygens (including phenoxy) is 2. The molecule has 0 aliphatic carbocycles. The summed E-state index contributed by atoms with van der Waals surface area (Å²) < 4.78 is 76.3. The minimum Gasteiger partial charge on any atom is -0.480 e. The fourth-order valence-electron chi connectivity index (χ4n) is 8.35. The van der Waals surface area contributed by atoms with Gasteiger partial charge in [0.1, 0.15) is 28.6 Å². The van der Waals surface area contributed by atoms with Crippen molar-refractivity contribution in [2.24, 2.45) is 5.41 Å². The first-order valence-electron chi connectivity index (χ1n) is 19.1. The molecular weight excluding hydrogens is 760 g/mol. The molecule has 4 aromatic carbocycles. The van der Waals surface area contributed by atoms with Crippen molar-refractivity contribution < 1.29 is 50.9 Å². The summed E-state index contributed by atoms with van der Waals surface area (Å²) in [5, 5.41) is 19.5. The largest absolute Gasteiger partial charge is 0.480 e. The second kappa shape index (κ2) is 15.7. The monoisotopic (exact) mass is 802 g/mol. The lowest BCUT2D eigenvalue weighted by Gasteiger charge is -2.22. The molecule has 0 saturated carbocycles. The van der Waals surface area contributed by atoms with E-state index in [9.17, 15) is 32.6 Å². The Labute approximate surface area is 330 Å². The number of carboxylic acid groups (broad SMARTS) is 1. The van der Waals surface area contributed by atoms with Gasteiger partial charge in [0.25, 0.3) is 0 Å². The predicted octanol–water partition coefficient (Wildman–Crippen LogP) is 9.04. The fourth-order valence-corrected chi connectivity index (χ4v) is 8.35. The Balaban J connectivity index is 1.11. The van der Waals surface area contributed by atoms with Gasteiger partial charge >= 0.3 is 19.2 Å². The molecule has 0 spiro atoms. The Morgan fingerprint density at radius 2 is 1.34 bits per heavy atom. The van der Waals surface area contributed by atoms with Crippen LogP contribution in [0.3, 0.4) is 0 Å². The van der Waals surface area contributed by atoms with Crippen LogP contribution in [0.4, 0.5) is 17.6 Å². The van der Waals surface area contributed by atoms with Gasteiger partial charge in [-0.25, -0.2) is 9.97 Å². The van der Waals surface area contributed by atoms with Gasteiger partial charge in [0.15, 0.2) is 11.2 Å². The number of aromatic nitrogens is 2. The molecule has 2 N–H and O–H groups in total. The van der Waals surface area contributed by atoms with Gasteiger partial charge in [0.2, 0.25) is 11.8 Å². The number of carboxylic acids is 1. The number of hydrogen-bond donors (Lipinski definition) is 2. The predicted molar refractivity (Wildman–Crippen MR) is 207 cm³/mol. The van der Waals surface area contributed by atoms with E-state index in [1.54, 1.807) is 17.0 Å². The maximum atomic E-state index is 13.5. The van der Waals surface area contributed by atoms with Crippen molar-refractivity contribution in [3.05, 3.63) is 82.9 Å². The number of halogens is 4.